The number of thiol groups is 1. The molecule has 0 fully saturated rings. The van der Waals surface area contributed by atoms with E-state index in [1.165, 1.54) is 0 Å². The zero-order valence-corrected chi connectivity index (χ0v) is 8.74. The minimum atomic E-state index is -0.421. The fraction of sp³-hybridized carbons (Fsp3) is 0.889. The van der Waals surface area contributed by atoms with E-state index in [9.17, 15) is 4.79 Å². The minimum Gasteiger partial charge on any atom is -0.298 e. The third-order valence-electron chi connectivity index (χ3n) is 2.28. The summed E-state index contributed by atoms with van der Waals surface area (Å²) >= 11 is 4.33. The molecule has 2 heteroatoms. The van der Waals surface area contributed by atoms with Crippen LogP contribution in [0.4, 0.5) is 0 Å². The Balaban J connectivity index is 4.23. The summed E-state index contributed by atoms with van der Waals surface area (Å²) < 4.78 is -0.421. The molecule has 0 aliphatic carbocycles. The summed E-state index contributed by atoms with van der Waals surface area (Å²) in [4.78, 5) is 11.6. The number of Topliss-reactive ketones (excluding diaryl/α,β-unsaturated/α-hetero) is 1. The second kappa shape index (κ2) is 4.15. The number of carbonyl (C=O) groups is 1. The molecule has 0 bridgehead atoms. The Hall–Kier alpha value is 0.0200. The number of ketones is 1. The van der Waals surface area contributed by atoms with Crippen molar-refractivity contribution in [3.05, 3.63) is 0 Å². The van der Waals surface area contributed by atoms with Crippen molar-refractivity contribution in [2.45, 2.75) is 45.3 Å². The molecule has 0 aliphatic rings. The van der Waals surface area contributed by atoms with Crippen LogP contribution in [-0.4, -0.2) is 10.5 Å². The molecule has 0 spiro atoms. The molecule has 1 nitrogen and oxygen atoms in total. The van der Waals surface area contributed by atoms with Gasteiger partial charge in [-0.1, -0.05) is 20.8 Å². The van der Waals surface area contributed by atoms with Gasteiger partial charge in [-0.3, -0.25) is 4.79 Å². The van der Waals surface area contributed by atoms with Gasteiger partial charge < -0.3 is 0 Å². The summed E-state index contributed by atoms with van der Waals surface area (Å²) in [6, 6.07) is 0. The first-order valence-corrected chi connectivity index (χ1v) is 4.67. The van der Waals surface area contributed by atoms with Crippen LogP contribution in [0.2, 0.25) is 0 Å². The summed E-state index contributed by atoms with van der Waals surface area (Å²) in [5.41, 5.74) is 0. The number of hydrogen-bond acceptors (Lipinski definition) is 2. The normalized spacial score (nSPS) is 19.0. The highest BCUT2D eigenvalue weighted by Crippen LogP contribution is 2.24. The highest BCUT2D eigenvalue weighted by molar-refractivity contribution is 7.82. The summed E-state index contributed by atoms with van der Waals surface area (Å²) in [6.45, 7) is 7.88. The summed E-state index contributed by atoms with van der Waals surface area (Å²) in [7, 11) is 0. The lowest BCUT2D eigenvalue weighted by Gasteiger charge is -2.23. The van der Waals surface area contributed by atoms with Crippen LogP contribution in [0, 0.1) is 5.92 Å². The van der Waals surface area contributed by atoms with E-state index in [0.717, 1.165) is 12.8 Å². The van der Waals surface area contributed by atoms with Crippen molar-refractivity contribution >= 4 is 18.4 Å². The number of rotatable bonds is 4. The average molecular weight is 174 g/mol. The molecule has 0 saturated carbocycles. The van der Waals surface area contributed by atoms with E-state index < -0.39 is 4.75 Å². The van der Waals surface area contributed by atoms with Crippen molar-refractivity contribution in [2.24, 2.45) is 5.92 Å². The van der Waals surface area contributed by atoms with Crippen LogP contribution in [0.25, 0.3) is 0 Å². The Kier molecular flexibility index (Phi) is 4.16. The maximum absolute atomic E-state index is 11.6. The Morgan fingerprint density at radius 2 is 2.00 bits per heavy atom. The van der Waals surface area contributed by atoms with E-state index in [4.69, 9.17) is 0 Å². The first-order chi connectivity index (χ1) is 4.95. The zero-order valence-electron chi connectivity index (χ0n) is 7.85. The largest absolute Gasteiger partial charge is 0.298 e. The Morgan fingerprint density at radius 1 is 1.55 bits per heavy atom. The predicted molar refractivity (Wildman–Crippen MR) is 52.1 cm³/mol. The van der Waals surface area contributed by atoms with E-state index in [-0.39, 0.29) is 11.7 Å². The van der Waals surface area contributed by atoms with Crippen LogP contribution in [-0.2, 0) is 4.79 Å². The lowest BCUT2D eigenvalue weighted by molar-refractivity contribution is -0.124. The molecule has 0 saturated heterocycles. The lowest BCUT2D eigenvalue weighted by Crippen LogP contribution is -2.32. The molecule has 0 heterocycles. The molecule has 11 heavy (non-hydrogen) atoms. The fourth-order valence-corrected chi connectivity index (χ4v) is 1.11. The van der Waals surface area contributed by atoms with E-state index >= 15 is 0 Å². The third kappa shape index (κ3) is 2.86. The van der Waals surface area contributed by atoms with Crippen LogP contribution >= 0.6 is 12.6 Å². The van der Waals surface area contributed by atoms with Crippen LogP contribution in [0.15, 0.2) is 0 Å². The molecular weight excluding hydrogens is 156 g/mol. The second-order valence-electron chi connectivity index (χ2n) is 3.30. The molecule has 0 N–H and O–H groups in total. The molecular formula is C9H18OS. The molecule has 0 aromatic heterocycles. The fourth-order valence-electron chi connectivity index (χ4n) is 0.890. The molecule has 0 aromatic carbocycles. The third-order valence-corrected chi connectivity index (χ3v) is 2.82. The average Bonchev–Trinajstić information content (AvgIpc) is 2.01. The molecule has 66 valence electrons. The van der Waals surface area contributed by atoms with Gasteiger partial charge in [0, 0.05) is 5.92 Å². The number of carbonyl (C=O) groups excluding carboxylic acids is 1. The highest BCUT2D eigenvalue weighted by atomic mass is 32.1. The molecule has 2 unspecified atom stereocenters. The number of hydrogen-bond donors (Lipinski definition) is 1. The Labute approximate surface area is 75.0 Å². The van der Waals surface area contributed by atoms with Crippen LogP contribution in [0.1, 0.15) is 40.5 Å². The first-order valence-electron chi connectivity index (χ1n) is 4.22. The van der Waals surface area contributed by atoms with Crippen molar-refractivity contribution in [1.29, 1.82) is 0 Å². The van der Waals surface area contributed by atoms with Crippen LogP contribution in [0.5, 0.6) is 0 Å². The van der Waals surface area contributed by atoms with Gasteiger partial charge in [-0.2, -0.15) is 12.6 Å². The monoisotopic (exact) mass is 174 g/mol. The maximum atomic E-state index is 11.6. The van der Waals surface area contributed by atoms with Crippen molar-refractivity contribution in [1.82, 2.24) is 0 Å². The standard InChI is InChI=1S/C9H18OS/c1-5-7(3)8(10)9(4,11)6-2/h7,11H,5-6H2,1-4H3. The van der Waals surface area contributed by atoms with Gasteiger partial charge in [-0.05, 0) is 19.8 Å². The topological polar surface area (TPSA) is 17.1 Å². The summed E-state index contributed by atoms with van der Waals surface area (Å²) in [6.07, 6.45) is 1.72. The molecule has 0 aromatic rings. The van der Waals surface area contributed by atoms with Gasteiger partial charge in [0.25, 0.3) is 0 Å². The van der Waals surface area contributed by atoms with E-state index in [1.807, 2.05) is 27.7 Å². The van der Waals surface area contributed by atoms with E-state index in [0.29, 0.717) is 0 Å². The van der Waals surface area contributed by atoms with Crippen molar-refractivity contribution in [3.8, 4) is 0 Å². The van der Waals surface area contributed by atoms with Crippen LogP contribution in [0.3, 0.4) is 0 Å². The van der Waals surface area contributed by atoms with Crippen LogP contribution < -0.4 is 0 Å². The first kappa shape index (κ1) is 11.0. The predicted octanol–water partition coefficient (Wildman–Crippen LogP) is 2.70. The SMILES string of the molecule is CCC(C)C(=O)C(C)(S)CC. The Bertz CT molecular complexity index is 140. The van der Waals surface area contributed by atoms with E-state index in [2.05, 4.69) is 12.6 Å². The molecule has 0 aliphatic heterocycles. The quantitative estimate of drug-likeness (QED) is 0.648. The Morgan fingerprint density at radius 3 is 2.27 bits per heavy atom. The molecule has 0 rings (SSSR count). The second-order valence-corrected chi connectivity index (χ2v) is 4.29. The molecule has 0 amide bonds. The molecule has 2 atom stereocenters. The highest BCUT2D eigenvalue weighted by Gasteiger charge is 2.29. The van der Waals surface area contributed by atoms with Gasteiger partial charge >= 0.3 is 0 Å². The van der Waals surface area contributed by atoms with Gasteiger partial charge in [0.05, 0.1) is 4.75 Å². The molecule has 0 radical (unpaired) electrons. The van der Waals surface area contributed by atoms with Crippen molar-refractivity contribution in [2.75, 3.05) is 0 Å². The lowest BCUT2D eigenvalue weighted by atomic mass is 9.91. The van der Waals surface area contributed by atoms with Gasteiger partial charge in [0.15, 0.2) is 5.78 Å². The smallest absolute Gasteiger partial charge is 0.151 e. The van der Waals surface area contributed by atoms with Gasteiger partial charge in [-0.15, -0.1) is 0 Å². The minimum absolute atomic E-state index is 0.150. The summed E-state index contributed by atoms with van der Waals surface area (Å²) in [5.74, 6) is 0.420. The summed E-state index contributed by atoms with van der Waals surface area (Å²) in [5, 5.41) is 0. The van der Waals surface area contributed by atoms with Crippen molar-refractivity contribution < 1.29 is 4.79 Å². The van der Waals surface area contributed by atoms with Gasteiger partial charge in [-0.25, -0.2) is 0 Å². The van der Waals surface area contributed by atoms with Crippen molar-refractivity contribution in [3.63, 3.8) is 0 Å². The zero-order chi connectivity index (χ0) is 9.07. The van der Waals surface area contributed by atoms with E-state index in [1.54, 1.807) is 0 Å². The van der Waals surface area contributed by atoms with Gasteiger partial charge in [0.1, 0.15) is 0 Å². The van der Waals surface area contributed by atoms with Gasteiger partial charge in [0.2, 0.25) is 0 Å². The maximum Gasteiger partial charge on any atom is 0.151 e.